The summed E-state index contributed by atoms with van der Waals surface area (Å²) in [6.07, 6.45) is 23.7. The van der Waals surface area contributed by atoms with Crippen molar-refractivity contribution in [1.82, 2.24) is 0 Å². The van der Waals surface area contributed by atoms with Gasteiger partial charge in [-0.25, -0.2) is 0 Å². The molecule has 0 aliphatic rings. The predicted molar refractivity (Wildman–Crippen MR) is 165 cm³/mol. The van der Waals surface area contributed by atoms with E-state index in [9.17, 15) is 24.9 Å². The maximum Gasteiger partial charge on any atom is 0.209 e. The van der Waals surface area contributed by atoms with E-state index in [0.717, 1.165) is 38.5 Å². The Morgan fingerprint density at radius 2 is 0.717 bits per heavy atom. The average Bonchev–Trinajstić information content (AvgIpc) is 2.95. The second-order valence-corrected chi connectivity index (χ2v) is 13.6. The third-order valence-corrected chi connectivity index (χ3v) is 7.52. The minimum absolute atomic E-state index is 0.0641. The van der Waals surface area contributed by atoms with Gasteiger partial charge in [0.25, 0.3) is 0 Å². The zero-order valence-electron chi connectivity index (χ0n) is 28.1. The Morgan fingerprint density at radius 1 is 0.522 bits per heavy atom. The molecule has 15 heteroatoms. The molecule has 0 aromatic rings. The molecule has 13 nitrogen and oxygen atoms in total. The number of aliphatic hydroxyl groups is 3. The summed E-state index contributed by atoms with van der Waals surface area (Å²) in [5.41, 5.74) is -2.47. The lowest BCUT2D eigenvalue weighted by molar-refractivity contribution is -0.434. The molecule has 0 spiro atoms. The minimum atomic E-state index is -5.39. The molecule has 0 heterocycles. The van der Waals surface area contributed by atoms with Gasteiger partial charge in [0.15, 0.2) is 11.6 Å². The Balaban J connectivity index is -0.00000159. The summed E-state index contributed by atoms with van der Waals surface area (Å²) in [4.78, 5) is 76.7. The molecule has 0 aliphatic heterocycles. The van der Waals surface area contributed by atoms with Crippen LogP contribution in [0.1, 0.15) is 168 Å². The van der Waals surface area contributed by atoms with Crippen molar-refractivity contribution in [3.63, 3.8) is 0 Å². The third kappa shape index (κ3) is 37.9. The second kappa shape index (κ2) is 31.7. The van der Waals surface area contributed by atoms with Gasteiger partial charge in [-0.15, -0.1) is 0 Å². The second-order valence-electron chi connectivity index (χ2n) is 11.8. The third-order valence-electron chi connectivity index (χ3n) is 7.52. The highest BCUT2D eigenvalue weighted by Crippen LogP contribution is 2.22. The first-order chi connectivity index (χ1) is 21.4. The molecular formula is C31H60O13P2-6. The molecule has 0 radical (unpaired) electrons. The molecule has 0 aromatic heterocycles. The zero-order chi connectivity index (χ0) is 35.9. The molecule has 0 rings (SSSR count). The van der Waals surface area contributed by atoms with Crippen molar-refractivity contribution in [2.45, 2.75) is 180 Å². The van der Waals surface area contributed by atoms with Crippen LogP contribution in [0.15, 0.2) is 0 Å². The Kier molecular flexibility index (Phi) is 34.3. The maximum atomic E-state index is 12.7. The van der Waals surface area contributed by atoms with E-state index in [4.69, 9.17) is 38.5 Å². The molecule has 0 amide bonds. The normalized spacial score (nSPS) is 12.5. The number of rotatable bonds is 28. The highest BCUT2D eigenvalue weighted by Gasteiger charge is 2.48. The molecule has 46 heavy (non-hydrogen) atoms. The summed E-state index contributed by atoms with van der Waals surface area (Å²) in [6, 6.07) is 0. The Hall–Kier alpha value is -0.560. The van der Waals surface area contributed by atoms with Crippen LogP contribution in [0.2, 0.25) is 0 Å². The van der Waals surface area contributed by atoms with E-state index in [1.807, 2.05) is 0 Å². The van der Waals surface area contributed by atoms with Crippen LogP contribution in [0.5, 0.6) is 0 Å². The highest BCUT2D eigenvalue weighted by atomic mass is 31.2. The van der Waals surface area contributed by atoms with Crippen LogP contribution in [0.25, 0.3) is 0 Å². The molecule has 0 aliphatic carbocycles. The van der Waals surface area contributed by atoms with Crippen LogP contribution < -0.4 is 29.4 Å². The fourth-order valence-electron chi connectivity index (χ4n) is 4.94. The summed E-state index contributed by atoms with van der Waals surface area (Å²) >= 11 is 0. The number of aliphatic hydroxyl groups excluding tert-OH is 2. The van der Waals surface area contributed by atoms with Gasteiger partial charge in [0.1, 0.15) is 6.10 Å². The van der Waals surface area contributed by atoms with Crippen molar-refractivity contribution in [2.75, 3.05) is 6.61 Å². The van der Waals surface area contributed by atoms with Gasteiger partial charge >= 0.3 is 0 Å². The maximum absolute atomic E-state index is 12.7. The van der Waals surface area contributed by atoms with Crippen molar-refractivity contribution >= 4 is 27.2 Å². The first-order valence-electron chi connectivity index (χ1n) is 17.0. The topological polar surface area (TPSA) is 267 Å². The van der Waals surface area contributed by atoms with Gasteiger partial charge in [-0.05, 0) is 12.8 Å². The molecule has 1 atom stereocenters. The fourth-order valence-corrected chi connectivity index (χ4v) is 4.94. The van der Waals surface area contributed by atoms with Crippen molar-refractivity contribution < 1.29 is 63.4 Å². The van der Waals surface area contributed by atoms with Crippen molar-refractivity contribution in [1.29, 1.82) is 0 Å². The highest BCUT2D eigenvalue weighted by molar-refractivity contribution is 7.40. The van der Waals surface area contributed by atoms with E-state index in [0.29, 0.717) is 12.8 Å². The number of Topliss-reactive ketones (excluding diaryl/α,β-unsaturated/α-hetero) is 2. The molecule has 1 unspecified atom stereocenters. The van der Waals surface area contributed by atoms with Gasteiger partial charge in [-0.2, -0.15) is 15.6 Å². The lowest BCUT2D eigenvalue weighted by Crippen LogP contribution is -2.57. The van der Waals surface area contributed by atoms with Crippen LogP contribution >= 0.6 is 15.6 Å². The van der Waals surface area contributed by atoms with Gasteiger partial charge in [0, 0.05) is 12.8 Å². The summed E-state index contributed by atoms with van der Waals surface area (Å²) < 4.78 is 17.1. The molecule has 0 aromatic carbocycles. The quantitative estimate of drug-likeness (QED) is 0.0598. The van der Waals surface area contributed by atoms with Gasteiger partial charge in [0.05, 0.1) is 6.61 Å². The van der Waals surface area contributed by atoms with E-state index in [1.165, 1.54) is 89.9 Å². The molecule has 278 valence electrons. The van der Waals surface area contributed by atoms with E-state index in [1.54, 1.807) is 0 Å². The van der Waals surface area contributed by atoms with Crippen LogP contribution in [-0.2, 0) is 18.7 Å². The Labute approximate surface area is 276 Å². The summed E-state index contributed by atoms with van der Waals surface area (Å²) in [6.45, 7) is 3.65. The molecule has 0 saturated heterocycles. The van der Waals surface area contributed by atoms with Crippen molar-refractivity contribution in [2.24, 2.45) is 0 Å². The van der Waals surface area contributed by atoms with Crippen molar-refractivity contribution in [3.8, 4) is 0 Å². The van der Waals surface area contributed by atoms with Gasteiger partial charge in [0.2, 0.25) is 5.60 Å². The van der Waals surface area contributed by atoms with E-state index in [2.05, 4.69) is 13.8 Å². The summed E-state index contributed by atoms with van der Waals surface area (Å²) in [5.74, 6) is -1.29. The lowest BCUT2D eigenvalue weighted by atomic mass is 9.82. The minimum Gasteiger partial charge on any atom is -0.822 e. The summed E-state index contributed by atoms with van der Waals surface area (Å²) in [7, 11) is -10.8. The zero-order valence-corrected chi connectivity index (χ0v) is 29.9. The number of carbonyl (C=O) groups is 2. The number of carbonyl (C=O) groups excluding carboxylic acids is 2. The number of hydrogen-bond acceptors (Lipinski definition) is 13. The van der Waals surface area contributed by atoms with Crippen LogP contribution in [-0.4, -0.2) is 45.2 Å². The van der Waals surface area contributed by atoms with E-state index < -0.39 is 45.5 Å². The Morgan fingerprint density at radius 3 is 0.913 bits per heavy atom. The average molecular weight is 703 g/mol. The number of ketones is 2. The standard InChI is InChI=1S/C31H60O5.2H3O4P/c1-3-5-7-9-11-13-15-17-19-21-23-25-28(33)31(36,30(35)27-32)29(34)26-24-22-20-18-16-14-12-10-8-6-4-2;2*1-5(2,3)4/h30,32,35-36H,3-27H2,1-2H3;2*(H3,1,2,3,4)/p-6. The predicted octanol–water partition coefficient (Wildman–Crippen LogP) is 1.96. The lowest BCUT2D eigenvalue weighted by Gasteiger charge is -2.36. The smallest absolute Gasteiger partial charge is 0.209 e. The number of hydrogen-bond donors (Lipinski definition) is 3. The molecule has 3 N–H and O–H groups in total. The van der Waals surface area contributed by atoms with Gasteiger partial charge in [-0.1, -0.05) is 142 Å². The monoisotopic (exact) mass is 702 g/mol. The van der Waals surface area contributed by atoms with Gasteiger partial charge in [-0.3, -0.25) is 9.59 Å². The van der Waals surface area contributed by atoms with Crippen LogP contribution in [0, 0.1) is 0 Å². The molecule has 0 fully saturated rings. The first-order valence-corrected chi connectivity index (χ1v) is 19.9. The largest absolute Gasteiger partial charge is 0.822 e. The van der Waals surface area contributed by atoms with Crippen LogP contribution in [0.4, 0.5) is 0 Å². The van der Waals surface area contributed by atoms with Crippen molar-refractivity contribution in [3.05, 3.63) is 0 Å². The molecule has 0 saturated carbocycles. The number of unbranched alkanes of at least 4 members (excludes halogenated alkanes) is 20. The molecule has 0 bridgehead atoms. The van der Waals surface area contributed by atoms with E-state index >= 15 is 0 Å². The van der Waals surface area contributed by atoms with Crippen LogP contribution in [0.3, 0.4) is 0 Å². The fraction of sp³-hybridized carbons (Fsp3) is 0.935. The van der Waals surface area contributed by atoms with E-state index in [-0.39, 0.29) is 12.8 Å². The SMILES string of the molecule is CCCCCCCCCCCCCC(=O)C(O)(C(=O)CCCCCCCCCCCCC)C(O)CO.O=P([O-])([O-])[O-].O=P([O-])([O-])[O-]. The van der Waals surface area contributed by atoms with Gasteiger partial charge < -0.3 is 53.8 Å². The summed E-state index contributed by atoms with van der Waals surface area (Å²) in [5, 5.41) is 30.3. The first kappa shape index (κ1) is 49.8. The Bertz CT molecular complexity index is 740. The number of phosphoric acid groups is 2. The molecular weight excluding hydrogens is 642 g/mol.